The number of hydrogen-bond donors (Lipinski definition) is 2. The molecule has 3 N–H and O–H groups in total. The molecule has 2 aromatic rings. The van der Waals surface area contributed by atoms with Crippen LogP contribution in [-0.4, -0.2) is 40.1 Å². The number of halogens is 1. The second-order valence-corrected chi connectivity index (χ2v) is 8.06. The zero-order valence-corrected chi connectivity index (χ0v) is 18.1. The molecular weight excluding hydrogens is 430 g/mol. The van der Waals surface area contributed by atoms with Gasteiger partial charge in [0.1, 0.15) is 4.60 Å². The Balaban J connectivity index is 1.49. The molecule has 0 radical (unpaired) electrons. The van der Waals surface area contributed by atoms with Crippen LogP contribution in [0.3, 0.4) is 0 Å². The predicted molar refractivity (Wildman–Crippen MR) is 123 cm³/mol. The summed E-state index contributed by atoms with van der Waals surface area (Å²) in [6.07, 6.45) is 9.42. The van der Waals surface area contributed by atoms with E-state index in [0.29, 0.717) is 18.3 Å². The molecule has 2 aromatic heterocycles. The Morgan fingerprint density at radius 1 is 1.24 bits per heavy atom. The van der Waals surface area contributed by atoms with Gasteiger partial charge >= 0.3 is 0 Å². The minimum Gasteiger partial charge on any atom is -0.397 e. The molecule has 0 spiro atoms. The fourth-order valence-corrected chi connectivity index (χ4v) is 3.80. The van der Waals surface area contributed by atoms with Crippen molar-refractivity contribution >= 4 is 27.7 Å². The number of likely N-dealkylation sites (tertiary alicyclic amines) is 1. The highest BCUT2D eigenvalue weighted by Crippen LogP contribution is 2.14. The molecule has 1 fully saturated rings. The first-order valence-corrected chi connectivity index (χ1v) is 10.7. The Morgan fingerprint density at radius 3 is 2.72 bits per heavy atom. The second kappa shape index (κ2) is 10.5. The van der Waals surface area contributed by atoms with Crippen molar-refractivity contribution in [2.45, 2.75) is 32.0 Å². The van der Waals surface area contributed by atoms with Gasteiger partial charge in [-0.2, -0.15) is 0 Å². The van der Waals surface area contributed by atoms with Crippen molar-refractivity contribution in [2.24, 2.45) is 0 Å². The molecule has 29 heavy (non-hydrogen) atoms. The number of allylic oxidation sites excluding steroid dienone is 2. The van der Waals surface area contributed by atoms with Crippen molar-refractivity contribution in [3.05, 3.63) is 75.4 Å². The molecule has 0 atom stereocenters. The average molecular weight is 458 g/mol. The molecule has 0 unspecified atom stereocenters. The van der Waals surface area contributed by atoms with Gasteiger partial charge in [0, 0.05) is 37.9 Å². The zero-order valence-electron chi connectivity index (χ0n) is 16.6. The van der Waals surface area contributed by atoms with Crippen molar-refractivity contribution < 1.29 is 0 Å². The third-order valence-electron chi connectivity index (χ3n) is 5.26. The molecular formula is C22H28BrN5O. The van der Waals surface area contributed by atoms with Gasteiger partial charge in [0.25, 0.3) is 5.56 Å². The number of aromatic nitrogens is 2. The van der Waals surface area contributed by atoms with Crippen LogP contribution in [0, 0.1) is 0 Å². The van der Waals surface area contributed by atoms with E-state index in [1.165, 1.54) is 11.6 Å². The van der Waals surface area contributed by atoms with Crippen molar-refractivity contribution in [3.63, 3.8) is 0 Å². The molecule has 0 saturated carbocycles. The lowest BCUT2D eigenvalue weighted by atomic mass is 10.0. The minimum absolute atomic E-state index is 0.0254. The third kappa shape index (κ3) is 6.13. The molecule has 154 valence electrons. The van der Waals surface area contributed by atoms with E-state index in [2.05, 4.69) is 43.8 Å². The molecule has 3 heterocycles. The Hall–Kier alpha value is -2.22. The molecule has 0 amide bonds. The number of nitrogens with one attached hydrogen (secondary N) is 1. The van der Waals surface area contributed by atoms with E-state index in [0.717, 1.165) is 49.3 Å². The Kier molecular flexibility index (Phi) is 7.80. The number of nitrogens with two attached hydrogens (primary N) is 1. The van der Waals surface area contributed by atoms with Gasteiger partial charge in [-0.3, -0.25) is 4.79 Å². The van der Waals surface area contributed by atoms with E-state index < -0.39 is 0 Å². The summed E-state index contributed by atoms with van der Waals surface area (Å²) < 4.78 is 2.61. The van der Waals surface area contributed by atoms with E-state index in [1.807, 2.05) is 18.3 Å². The number of nitrogen functional groups attached to an aromatic ring is 1. The maximum absolute atomic E-state index is 12.3. The number of pyridine rings is 2. The van der Waals surface area contributed by atoms with Crippen LogP contribution in [0.4, 0.5) is 5.69 Å². The van der Waals surface area contributed by atoms with Crippen molar-refractivity contribution in [3.8, 4) is 0 Å². The normalized spacial score (nSPS) is 15.8. The maximum atomic E-state index is 12.3. The quantitative estimate of drug-likeness (QED) is 0.470. The van der Waals surface area contributed by atoms with Gasteiger partial charge in [0.2, 0.25) is 0 Å². The van der Waals surface area contributed by atoms with Gasteiger partial charge in [-0.15, -0.1) is 0 Å². The topological polar surface area (TPSA) is 76.2 Å². The Morgan fingerprint density at radius 2 is 2.03 bits per heavy atom. The van der Waals surface area contributed by atoms with Crippen molar-refractivity contribution in [1.82, 2.24) is 19.8 Å². The molecule has 1 saturated heterocycles. The molecule has 0 bridgehead atoms. The molecule has 7 heteroatoms. The van der Waals surface area contributed by atoms with Crippen LogP contribution in [-0.2, 0) is 13.1 Å². The summed E-state index contributed by atoms with van der Waals surface area (Å²) in [7, 11) is 0. The van der Waals surface area contributed by atoms with E-state index in [-0.39, 0.29) is 5.56 Å². The van der Waals surface area contributed by atoms with E-state index in [4.69, 9.17) is 5.73 Å². The van der Waals surface area contributed by atoms with Gasteiger partial charge in [-0.25, -0.2) is 4.98 Å². The van der Waals surface area contributed by atoms with Crippen LogP contribution in [0.25, 0.3) is 6.08 Å². The summed E-state index contributed by atoms with van der Waals surface area (Å²) in [5, 5.41) is 3.63. The zero-order chi connectivity index (χ0) is 20.6. The SMILES string of the molecule is C=C/C=C\c1c(N)ccc(=O)n1CCN1CCC(NCc2ccc(Br)nc2)CC1. The molecule has 1 aliphatic rings. The number of rotatable bonds is 8. The van der Waals surface area contributed by atoms with Gasteiger partial charge in [0.05, 0.1) is 11.4 Å². The third-order valence-corrected chi connectivity index (χ3v) is 5.73. The highest BCUT2D eigenvalue weighted by Gasteiger charge is 2.19. The molecule has 6 nitrogen and oxygen atoms in total. The summed E-state index contributed by atoms with van der Waals surface area (Å²) in [5.74, 6) is 0. The largest absolute Gasteiger partial charge is 0.397 e. The maximum Gasteiger partial charge on any atom is 0.251 e. The molecule has 1 aliphatic heterocycles. The second-order valence-electron chi connectivity index (χ2n) is 7.24. The predicted octanol–water partition coefficient (Wildman–Crippen LogP) is 3.04. The van der Waals surface area contributed by atoms with Gasteiger partial charge in [0.15, 0.2) is 0 Å². The van der Waals surface area contributed by atoms with E-state index in [9.17, 15) is 4.79 Å². The van der Waals surface area contributed by atoms with Gasteiger partial charge in [-0.1, -0.05) is 24.8 Å². The minimum atomic E-state index is -0.0254. The highest BCUT2D eigenvalue weighted by atomic mass is 79.9. The molecule has 3 rings (SSSR count). The van der Waals surface area contributed by atoms with Crippen LogP contribution >= 0.6 is 15.9 Å². The van der Waals surface area contributed by atoms with Gasteiger partial charge in [-0.05, 0) is 65.6 Å². The van der Waals surface area contributed by atoms with Crippen molar-refractivity contribution in [1.29, 1.82) is 0 Å². The first kappa shape index (κ1) is 21.5. The van der Waals surface area contributed by atoms with Crippen LogP contribution in [0.2, 0.25) is 0 Å². The van der Waals surface area contributed by atoms with Crippen molar-refractivity contribution in [2.75, 3.05) is 25.4 Å². The van der Waals surface area contributed by atoms with E-state index >= 15 is 0 Å². The Bertz CT molecular complexity index is 898. The average Bonchev–Trinajstić information content (AvgIpc) is 2.74. The highest BCUT2D eigenvalue weighted by molar-refractivity contribution is 9.10. The summed E-state index contributed by atoms with van der Waals surface area (Å²) in [6.45, 7) is 8.02. The monoisotopic (exact) mass is 457 g/mol. The van der Waals surface area contributed by atoms with E-state index in [1.54, 1.807) is 22.8 Å². The van der Waals surface area contributed by atoms with Crippen LogP contribution in [0.5, 0.6) is 0 Å². The first-order valence-electron chi connectivity index (χ1n) is 9.91. The number of piperidine rings is 1. The fourth-order valence-electron chi connectivity index (χ4n) is 3.56. The van der Waals surface area contributed by atoms with Gasteiger partial charge < -0.3 is 20.5 Å². The molecule has 0 aromatic carbocycles. The number of hydrogen-bond acceptors (Lipinski definition) is 5. The lowest BCUT2D eigenvalue weighted by Gasteiger charge is -2.32. The lowest BCUT2D eigenvalue weighted by molar-refractivity contribution is 0.190. The standard InChI is InChI=1S/C22H28BrN5O/c1-2-3-4-20-19(24)6-8-22(29)28(20)14-13-27-11-9-18(10-12-27)25-15-17-5-7-21(23)26-16-17/h2-8,16,18,25H,1,9-15,24H2/b4-3-. The van der Waals surface area contributed by atoms with Crippen LogP contribution < -0.4 is 16.6 Å². The molecule has 0 aliphatic carbocycles. The first-order chi connectivity index (χ1) is 14.1. The smallest absolute Gasteiger partial charge is 0.251 e. The lowest BCUT2D eigenvalue weighted by Crippen LogP contribution is -2.43. The fraction of sp³-hybridized carbons (Fsp3) is 0.364. The van der Waals surface area contributed by atoms with Crippen LogP contribution in [0.1, 0.15) is 24.1 Å². The number of anilines is 1. The summed E-state index contributed by atoms with van der Waals surface area (Å²) in [5.41, 5.74) is 8.59. The van der Waals surface area contributed by atoms with Crippen LogP contribution in [0.15, 0.2) is 58.6 Å². The Labute approximate surface area is 180 Å². The summed E-state index contributed by atoms with van der Waals surface area (Å²) in [4.78, 5) is 19.0. The summed E-state index contributed by atoms with van der Waals surface area (Å²) in [6, 6.07) is 7.76. The summed E-state index contributed by atoms with van der Waals surface area (Å²) >= 11 is 3.36. The number of nitrogens with zero attached hydrogens (tertiary/aromatic N) is 3.